The molecule has 1 aromatic rings. The first-order valence-corrected chi connectivity index (χ1v) is 6.86. The Morgan fingerprint density at radius 1 is 1.50 bits per heavy atom. The second kappa shape index (κ2) is 5.10. The highest BCUT2D eigenvalue weighted by Crippen LogP contribution is 2.28. The minimum Gasteiger partial charge on any atom is -0.354 e. The van der Waals surface area contributed by atoms with E-state index in [1.807, 2.05) is 12.5 Å². The molecule has 2 N–H and O–H groups in total. The standard InChI is InChI=1S/C13H20N4O/c18-13(10-3-4-10)16-6-7-17-9-14-8-12(17)11-2-1-5-15-11/h8-11,15H,1-7H2,(H,16,18)/t11-/m0/s1. The van der Waals surface area contributed by atoms with Crippen LogP contribution in [0.5, 0.6) is 0 Å². The summed E-state index contributed by atoms with van der Waals surface area (Å²) in [5.74, 6) is 0.513. The van der Waals surface area contributed by atoms with Crippen LogP contribution in [0.25, 0.3) is 0 Å². The number of carbonyl (C=O) groups excluding carboxylic acids is 1. The smallest absolute Gasteiger partial charge is 0.223 e. The van der Waals surface area contributed by atoms with Crippen LogP contribution in [0.2, 0.25) is 0 Å². The molecule has 0 radical (unpaired) electrons. The zero-order chi connectivity index (χ0) is 12.4. The van der Waals surface area contributed by atoms with E-state index in [9.17, 15) is 4.79 Å². The van der Waals surface area contributed by atoms with E-state index in [0.29, 0.717) is 18.5 Å². The quantitative estimate of drug-likeness (QED) is 0.811. The van der Waals surface area contributed by atoms with E-state index >= 15 is 0 Å². The zero-order valence-electron chi connectivity index (χ0n) is 10.6. The van der Waals surface area contributed by atoms with Gasteiger partial charge in [-0.1, -0.05) is 0 Å². The van der Waals surface area contributed by atoms with Crippen LogP contribution in [-0.4, -0.2) is 28.5 Å². The molecule has 0 unspecified atom stereocenters. The molecule has 2 fully saturated rings. The van der Waals surface area contributed by atoms with Gasteiger partial charge in [-0.3, -0.25) is 4.79 Å². The predicted octanol–water partition coefficient (Wildman–Crippen LogP) is 0.834. The molecule has 1 saturated carbocycles. The average molecular weight is 248 g/mol. The lowest BCUT2D eigenvalue weighted by atomic mass is 10.2. The molecule has 5 heteroatoms. The Hall–Kier alpha value is -1.36. The van der Waals surface area contributed by atoms with Gasteiger partial charge in [-0.05, 0) is 32.2 Å². The van der Waals surface area contributed by atoms with E-state index in [1.165, 1.54) is 18.5 Å². The Kier molecular flexibility index (Phi) is 3.32. The molecule has 0 spiro atoms. The van der Waals surface area contributed by atoms with Gasteiger partial charge in [0.2, 0.25) is 5.91 Å². The van der Waals surface area contributed by atoms with Gasteiger partial charge in [-0.15, -0.1) is 0 Å². The number of amides is 1. The van der Waals surface area contributed by atoms with Crippen molar-refractivity contribution in [2.45, 2.75) is 38.3 Å². The fraction of sp³-hybridized carbons (Fsp3) is 0.692. The lowest BCUT2D eigenvalue weighted by Gasteiger charge is -2.14. The Bertz CT molecular complexity index is 418. The Morgan fingerprint density at radius 2 is 2.39 bits per heavy atom. The average Bonchev–Trinajstić information content (AvgIpc) is 2.90. The molecular formula is C13H20N4O. The first kappa shape index (κ1) is 11.7. The second-order valence-corrected chi connectivity index (χ2v) is 5.23. The van der Waals surface area contributed by atoms with Crippen LogP contribution >= 0.6 is 0 Å². The van der Waals surface area contributed by atoms with Crippen LogP contribution in [0, 0.1) is 5.92 Å². The monoisotopic (exact) mass is 248 g/mol. The van der Waals surface area contributed by atoms with E-state index in [2.05, 4.69) is 20.2 Å². The van der Waals surface area contributed by atoms with E-state index in [-0.39, 0.29) is 5.91 Å². The summed E-state index contributed by atoms with van der Waals surface area (Å²) in [6.07, 6.45) is 8.33. The van der Waals surface area contributed by atoms with Crippen molar-refractivity contribution < 1.29 is 4.79 Å². The van der Waals surface area contributed by atoms with Crippen molar-refractivity contribution in [1.29, 1.82) is 0 Å². The van der Waals surface area contributed by atoms with Crippen molar-refractivity contribution in [3.05, 3.63) is 18.2 Å². The van der Waals surface area contributed by atoms with Gasteiger partial charge in [0, 0.05) is 31.2 Å². The summed E-state index contributed by atoms with van der Waals surface area (Å²) in [6.45, 7) is 2.60. The number of hydrogen-bond acceptors (Lipinski definition) is 3. The third kappa shape index (κ3) is 2.56. The minimum absolute atomic E-state index is 0.218. The third-order valence-electron chi connectivity index (χ3n) is 3.76. The molecule has 1 amide bonds. The SMILES string of the molecule is O=C(NCCn1cncc1[C@@H]1CCCN1)C1CC1. The fourth-order valence-electron chi connectivity index (χ4n) is 2.53. The van der Waals surface area contributed by atoms with Gasteiger partial charge >= 0.3 is 0 Å². The molecule has 1 saturated heterocycles. The highest BCUT2D eigenvalue weighted by molar-refractivity contribution is 5.80. The Labute approximate surface area is 107 Å². The molecule has 5 nitrogen and oxygen atoms in total. The van der Waals surface area contributed by atoms with Crippen LogP contribution in [0.15, 0.2) is 12.5 Å². The molecular weight excluding hydrogens is 228 g/mol. The van der Waals surface area contributed by atoms with Crippen molar-refractivity contribution in [2.24, 2.45) is 5.92 Å². The number of hydrogen-bond donors (Lipinski definition) is 2. The fourth-order valence-corrected chi connectivity index (χ4v) is 2.53. The van der Waals surface area contributed by atoms with Gasteiger partial charge in [-0.2, -0.15) is 0 Å². The second-order valence-electron chi connectivity index (χ2n) is 5.23. The summed E-state index contributed by atoms with van der Waals surface area (Å²) < 4.78 is 2.15. The summed E-state index contributed by atoms with van der Waals surface area (Å²) in [6, 6.07) is 0.437. The van der Waals surface area contributed by atoms with Gasteiger partial charge in [0.05, 0.1) is 12.0 Å². The molecule has 18 heavy (non-hydrogen) atoms. The van der Waals surface area contributed by atoms with Gasteiger partial charge < -0.3 is 15.2 Å². The number of aromatic nitrogens is 2. The van der Waals surface area contributed by atoms with Gasteiger partial charge in [-0.25, -0.2) is 4.98 Å². The summed E-state index contributed by atoms with van der Waals surface area (Å²) in [5.41, 5.74) is 1.24. The maximum absolute atomic E-state index is 11.5. The molecule has 1 aromatic heterocycles. The molecule has 1 aliphatic heterocycles. The highest BCUT2D eigenvalue weighted by Gasteiger charge is 2.29. The number of rotatable bonds is 5. The molecule has 2 aliphatic rings. The molecule has 1 aliphatic carbocycles. The summed E-state index contributed by atoms with van der Waals surface area (Å²) in [7, 11) is 0. The van der Waals surface area contributed by atoms with Crippen LogP contribution < -0.4 is 10.6 Å². The molecule has 0 bridgehead atoms. The van der Waals surface area contributed by atoms with Crippen molar-refractivity contribution in [3.8, 4) is 0 Å². The maximum Gasteiger partial charge on any atom is 0.223 e. The number of nitrogens with zero attached hydrogens (tertiary/aromatic N) is 2. The highest BCUT2D eigenvalue weighted by atomic mass is 16.2. The number of carbonyl (C=O) groups is 1. The molecule has 0 aromatic carbocycles. The predicted molar refractivity (Wildman–Crippen MR) is 67.9 cm³/mol. The topological polar surface area (TPSA) is 59.0 Å². The lowest BCUT2D eigenvalue weighted by Crippen LogP contribution is -2.29. The lowest BCUT2D eigenvalue weighted by molar-refractivity contribution is -0.122. The normalized spacial score (nSPS) is 23.2. The van der Waals surface area contributed by atoms with Crippen LogP contribution in [0.3, 0.4) is 0 Å². The third-order valence-corrected chi connectivity index (χ3v) is 3.76. The van der Waals surface area contributed by atoms with Crippen LogP contribution in [-0.2, 0) is 11.3 Å². The molecule has 98 valence electrons. The maximum atomic E-state index is 11.5. The first-order valence-electron chi connectivity index (χ1n) is 6.86. The van der Waals surface area contributed by atoms with Crippen LogP contribution in [0.4, 0.5) is 0 Å². The van der Waals surface area contributed by atoms with Gasteiger partial charge in [0.15, 0.2) is 0 Å². The zero-order valence-corrected chi connectivity index (χ0v) is 10.6. The van der Waals surface area contributed by atoms with Crippen molar-refractivity contribution in [2.75, 3.05) is 13.1 Å². The van der Waals surface area contributed by atoms with E-state index in [4.69, 9.17) is 0 Å². The van der Waals surface area contributed by atoms with Gasteiger partial charge in [0.25, 0.3) is 0 Å². The van der Waals surface area contributed by atoms with Gasteiger partial charge in [0.1, 0.15) is 0 Å². The van der Waals surface area contributed by atoms with Crippen molar-refractivity contribution >= 4 is 5.91 Å². The molecule has 1 atom stereocenters. The largest absolute Gasteiger partial charge is 0.354 e. The summed E-state index contributed by atoms with van der Waals surface area (Å²) in [5, 5.41) is 6.47. The Morgan fingerprint density at radius 3 is 3.11 bits per heavy atom. The van der Waals surface area contributed by atoms with E-state index in [0.717, 1.165) is 25.9 Å². The summed E-state index contributed by atoms with van der Waals surface area (Å²) in [4.78, 5) is 15.7. The van der Waals surface area contributed by atoms with Crippen molar-refractivity contribution in [3.63, 3.8) is 0 Å². The van der Waals surface area contributed by atoms with E-state index < -0.39 is 0 Å². The van der Waals surface area contributed by atoms with E-state index in [1.54, 1.807) is 0 Å². The van der Waals surface area contributed by atoms with Crippen molar-refractivity contribution in [1.82, 2.24) is 20.2 Å². The van der Waals surface area contributed by atoms with Crippen LogP contribution in [0.1, 0.15) is 37.4 Å². The summed E-state index contributed by atoms with van der Waals surface area (Å²) >= 11 is 0. The first-order chi connectivity index (χ1) is 8.84. The molecule has 3 rings (SSSR count). The molecule has 2 heterocycles. The number of nitrogens with one attached hydrogen (secondary N) is 2. The minimum atomic E-state index is 0.218. The Balaban J connectivity index is 1.52. The number of imidazole rings is 1.